The number of aromatic nitrogens is 1. The molecular weight excluding hydrogens is 307 g/mol. The number of hydrogen-bond acceptors (Lipinski definition) is 2. The van der Waals surface area contributed by atoms with Crippen molar-refractivity contribution in [3.8, 4) is 0 Å². The summed E-state index contributed by atoms with van der Waals surface area (Å²) in [5.74, 6) is -0.266. The van der Waals surface area contributed by atoms with Gasteiger partial charge in [-0.2, -0.15) is 0 Å². The van der Waals surface area contributed by atoms with E-state index in [1.54, 1.807) is 0 Å². The molecule has 0 radical (unpaired) electrons. The monoisotopic (exact) mass is 322 g/mol. The quantitative estimate of drug-likeness (QED) is 0.845. The fourth-order valence-electron chi connectivity index (χ4n) is 2.17. The second-order valence-electron chi connectivity index (χ2n) is 5.04. The minimum atomic E-state index is -0.266. The van der Waals surface area contributed by atoms with Crippen LogP contribution in [0.2, 0.25) is 10.2 Å². The Kier molecular flexibility index (Phi) is 4.86. The van der Waals surface area contributed by atoms with E-state index in [1.807, 2.05) is 32.9 Å². The zero-order valence-corrected chi connectivity index (χ0v) is 13.6. The molecule has 110 valence electrons. The highest BCUT2D eigenvalue weighted by Gasteiger charge is 2.16. The normalized spacial score (nSPS) is 12.0. The first-order valence-corrected chi connectivity index (χ1v) is 7.33. The summed E-state index contributed by atoms with van der Waals surface area (Å²) < 4.78 is 0. The van der Waals surface area contributed by atoms with Gasteiger partial charge in [0.2, 0.25) is 0 Å². The maximum absolute atomic E-state index is 12.3. The molecule has 1 unspecified atom stereocenters. The van der Waals surface area contributed by atoms with Crippen LogP contribution >= 0.6 is 23.2 Å². The first-order chi connectivity index (χ1) is 9.88. The van der Waals surface area contributed by atoms with E-state index in [2.05, 4.69) is 16.4 Å². The Morgan fingerprint density at radius 2 is 1.95 bits per heavy atom. The molecule has 1 aromatic heterocycles. The van der Waals surface area contributed by atoms with Crippen molar-refractivity contribution in [1.29, 1.82) is 0 Å². The van der Waals surface area contributed by atoms with Crippen LogP contribution in [0.15, 0.2) is 30.5 Å². The summed E-state index contributed by atoms with van der Waals surface area (Å²) in [4.78, 5) is 16.2. The molecule has 0 aliphatic rings. The van der Waals surface area contributed by atoms with E-state index in [9.17, 15) is 4.79 Å². The maximum Gasteiger partial charge on any atom is 0.253 e. The van der Waals surface area contributed by atoms with Crippen molar-refractivity contribution in [2.75, 3.05) is 0 Å². The number of nitrogens with zero attached hydrogens (tertiary/aromatic N) is 1. The van der Waals surface area contributed by atoms with Crippen LogP contribution in [0.25, 0.3) is 0 Å². The number of hydrogen-bond donors (Lipinski definition) is 1. The smallest absolute Gasteiger partial charge is 0.253 e. The second-order valence-corrected chi connectivity index (χ2v) is 5.84. The van der Waals surface area contributed by atoms with Crippen LogP contribution in [0, 0.1) is 13.8 Å². The van der Waals surface area contributed by atoms with E-state index in [0.29, 0.717) is 5.56 Å². The van der Waals surface area contributed by atoms with E-state index in [0.717, 1.165) is 16.7 Å². The van der Waals surface area contributed by atoms with Crippen molar-refractivity contribution >= 4 is 29.1 Å². The number of pyridine rings is 1. The number of carbonyl (C=O) groups is 1. The highest BCUT2D eigenvalue weighted by molar-refractivity contribution is 6.35. The Balaban J connectivity index is 2.23. The third-order valence-corrected chi connectivity index (χ3v) is 3.82. The molecule has 1 heterocycles. The molecule has 3 nitrogen and oxygen atoms in total. The van der Waals surface area contributed by atoms with Gasteiger partial charge in [-0.15, -0.1) is 0 Å². The van der Waals surface area contributed by atoms with E-state index in [-0.39, 0.29) is 22.1 Å². The molecular formula is C16H16Cl2N2O. The van der Waals surface area contributed by atoms with Crippen molar-refractivity contribution < 1.29 is 4.79 Å². The highest BCUT2D eigenvalue weighted by Crippen LogP contribution is 2.22. The lowest BCUT2D eigenvalue weighted by atomic mass is 10.00. The van der Waals surface area contributed by atoms with Crippen molar-refractivity contribution in [2.45, 2.75) is 26.8 Å². The van der Waals surface area contributed by atoms with Gasteiger partial charge in [0.05, 0.1) is 16.6 Å². The summed E-state index contributed by atoms with van der Waals surface area (Å²) in [6.07, 6.45) is 1.38. The molecule has 2 rings (SSSR count). The van der Waals surface area contributed by atoms with Crippen LogP contribution < -0.4 is 5.32 Å². The molecule has 0 aliphatic heterocycles. The van der Waals surface area contributed by atoms with Crippen LogP contribution in [0.3, 0.4) is 0 Å². The first-order valence-electron chi connectivity index (χ1n) is 6.57. The molecule has 2 aromatic rings. The van der Waals surface area contributed by atoms with E-state index < -0.39 is 0 Å². The molecule has 0 saturated carbocycles. The predicted molar refractivity (Wildman–Crippen MR) is 86.1 cm³/mol. The van der Waals surface area contributed by atoms with E-state index >= 15 is 0 Å². The first kappa shape index (κ1) is 15.8. The van der Waals surface area contributed by atoms with Gasteiger partial charge in [0, 0.05) is 6.20 Å². The molecule has 0 spiro atoms. The van der Waals surface area contributed by atoms with Gasteiger partial charge in [-0.05, 0) is 38.0 Å². The summed E-state index contributed by atoms with van der Waals surface area (Å²) in [6, 6.07) is 7.51. The lowest BCUT2D eigenvalue weighted by molar-refractivity contribution is 0.0940. The molecule has 0 aliphatic carbocycles. The van der Waals surface area contributed by atoms with E-state index in [4.69, 9.17) is 23.2 Å². The molecule has 1 atom stereocenters. The topological polar surface area (TPSA) is 42.0 Å². The second kappa shape index (κ2) is 6.46. The van der Waals surface area contributed by atoms with Gasteiger partial charge in [0.1, 0.15) is 5.15 Å². The minimum absolute atomic E-state index is 0.125. The number of aryl methyl sites for hydroxylation is 2. The number of halogens is 2. The van der Waals surface area contributed by atoms with Gasteiger partial charge in [0.15, 0.2) is 0 Å². The van der Waals surface area contributed by atoms with Crippen molar-refractivity contribution in [2.24, 2.45) is 0 Å². The number of benzene rings is 1. The zero-order valence-electron chi connectivity index (χ0n) is 12.1. The van der Waals surface area contributed by atoms with Crippen LogP contribution in [0.1, 0.15) is 40.0 Å². The van der Waals surface area contributed by atoms with Crippen LogP contribution in [-0.2, 0) is 0 Å². The molecule has 1 N–H and O–H groups in total. The number of amides is 1. The Labute approximate surface area is 134 Å². The standard InChI is InChI=1S/C16H16Cl2N2O/c1-9-4-5-10(2)12(6-9)11(3)20-16(21)13-7-15(18)19-8-14(13)17/h4-8,11H,1-3H3,(H,20,21). The van der Waals surface area contributed by atoms with Gasteiger partial charge in [-0.3, -0.25) is 4.79 Å². The minimum Gasteiger partial charge on any atom is -0.345 e. The Bertz CT molecular complexity index is 686. The summed E-state index contributed by atoms with van der Waals surface area (Å²) >= 11 is 11.8. The van der Waals surface area contributed by atoms with Gasteiger partial charge in [0.25, 0.3) is 5.91 Å². The van der Waals surface area contributed by atoms with Gasteiger partial charge in [-0.25, -0.2) is 4.98 Å². The lowest BCUT2D eigenvalue weighted by Gasteiger charge is -2.17. The predicted octanol–water partition coefficient (Wildman–Crippen LogP) is 4.50. The number of nitrogens with one attached hydrogen (secondary N) is 1. The summed E-state index contributed by atoms with van der Waals surface area (Å²) in [7, 11) is 0. The van der Waals surface area contributed by atoms with Gasteiger partial charge in [-0.1, -0.05) is 47.0 Å². The SMILES string of the molecule is Cc1ccc(C)c(C(C)NC(=O)c2cc(Cl)ncc2Cl)c1. The van der Waals surface area contributed by atoms with Crippen molar-refractivity contribution in [1.82, 2.24) is 10.3 Å². The summed E-state index contributed by atoms with van der Waals surface area (Å²) in [5, 5.41) is 3.46. The number of carbonyl (C=O) groups excluding carboxylic acids is 1. The van der Waals surface area contributed by atoms with Crippen LogP contribution in [-0.4, -0.2) is 10.9 Å². The molecule has 1 aromatic carbocycles. The fraction of sp³-hybridized carbons (Fsp3) is 0.250. The third-order valence-electron chi connectivity index (χ3n) is 3.32. The number of rotatable bonds is 3. The average Bonchev–Trinajstić information content (AvgIpc) is 2.43. The van der Waals surface area contributed by atoms with Crippen molar-refractivity contribution in [3.63, 3.8) is 0 Å². The Morgan fingerprint density at radius 3 is 2.67 bits per heavy atom. The maximum atomic E-state index is 12.3. The molecule has 5 heteroatoms. The molecule has 0 bridgehead atoms. The van der Waals surface area contributed by atoms with E-state index in [1.165, 1.54) is 12.3 Å². The Hall–Kier alpha value is -1.58. The fourth-order valence-corrected chi connectivity index (χ4v) is 2.51. The van der Waals surface area contributed by atoms with Crippen LogP contribution in [0.4, 0.5) is 0 Å². The van der Waals surface area contributed by atoms with Gasteiger partial charge < -0.3 is 5.32 Å². The molecule has 0 fully saturated rings. The highest BCUT2D eigenvalue weighted by atomic mass is 35.5. The lowest BCUT2D eigenvalue weighted by Crippen LogP contribution is -2.27. The largest absolute Gasteiger partial charge is 0.345 e. The average molecular weight is 323 g/mol. The summed E-state index contributed by atoms with van der Waals surface area (Å²) in [6.45, 7) is 5.99. The van der Waals surface area contributed by atoms with Gasteiger partial charge >= 0.3 is 0 Å². The van der Waals surface area contributed by atoms with Crippen LogP contribution in [0.5, 0.6) is 0 Å². The Morgan fingerprint density at radius 1 is 1.24 bits per heavy atom. The third kappa shape index (κ3) is 3.74. The molecule has 1 amide bonds. The molecule has 0 saturated heterocycles. The summed E-state index contributed by atoms with van der Waals surface area (Å²) in [5.41, 5.74) is 3.70. The molecule has 21 heavy (non-hydrogen) atoms. The zero-order chi connectivity index (χ0) is 15.6. The van der Waals surface area contributed by atoms with Crippen molar-refractivity contribution in [3.05, 3.63) is 62.9 Å².